The number of nitrogens with one attached hydrogen (secondary N) is 1. The SMILES string of the molecule is COC(=O)c1cccc(NC(=O)CN(c2cccc(Cl)c2Cl)S(C)(=O)=O)c1C. The summed E-state index contributed by atoms with van der Waals surface area (Å²) in [5, 5.41) is 2.79. The highest BCUT2D eigenvalue weighted by molar-refractivity contribution is 7.92. The van der Waals surface area contributed by atoms with Crippen LogP contribution >= 0.6 is 23.2 Å². The van der Waals surface area contributed by atoms with Crippen molar-refractivity contribution in [1.82, 2.24) is 0 Å². The van der Waals surface area contributed by atoms with Crippen LogP contribution < -0.4 is 9.62 Å². The van der Waals surface area contributed by atoms with Crippen molar-refractivity contribution >= 4 is 56.5 Å². The number of carbonyl (C=O) groups is 2. The van der Waals surface area contributed by atoms with Gasteiger partial charge >= 0.3 is 5.97 Å². The molecule has 1 amide bonds. The summed E-state index contributed by atoms with van der Waals surface area (Å²) >= 11 is 12.1. The van der Waals surface area contributed by atoms with Gasteiger partial charge in [0.1, 0.15) is 6.54 Å². The Hall–Kier alpha value is -2.29. The maximum atomic E-state index is 12.5. The molecule has 0 saturated carbocycles. The molecule has 0 aromatic heterocycles. The molecule has 0 saturated heterocycles. The van der Waals surface area contributed by atoms with E-state index in [0.29, 0.717) is 11.3 Å². The molecule has 150 valence electrons. The van der Waals surface area contributed by atoms with Crippen LogP contribution in [0.3, 0.4) is 0 Å². The number of rotatable bonds is 6. The molecule has 1 N–H and O–H groups in total. The predicted molar refractivity (Wildman–Crippen MR) is 110 cm³/mol. The van der Waals surface area contributed by atoms with Crippen molar-refractivity contribution in [3.8, 4) is 0 Å². The number of nitrogens with zero attached hydrogens (tertiary/aromatic N) is 1. The average Bonchev–Trinajstić information content (AvgIpc) is 2.62. The fourth-order valence-corrected chi connectivity index (χ4v) is 3.80. The minimum Gasteiger partial charge on any atom is -0.465 e. The number of ether oxygens (including phenoxy) is 1. The summed E-state index contributed by atoms with van der Waals surface area (Å²) in [7, 11) is -2.57. The van der Waals surface area contributed by atoms with Crippen LogP contribution in [0, 0.1) is 6.92 Å². The van der Waals surface area contributed by atoms with Crippen LogP contribution in [0.1, 0.15) is 15.9 Å². The molecule has 0 bridgehead atoms. The van der Waals surface area contributed by atoms with Gasteiger partial charge in [-0.25, -0.2) is 13.2 Å². The lowest BCUT2D eigenvalue weighted by Crippen LogP contribution is -2.37. The van der Waals surface area contributed by atoms with Crippen molar-refractivity contribution in [1.29, 1.82) is 0 Å². The molecule has 28 heavy (non-hydrogen) atoms. The second-order valence-electron chi connectivity index (χ2n) is 5.86. The summed E-state index contributed by atoms with van der Waals surface area (Å²) in [4.78, 5) is 24.3. The first-order valence-electron chi connectivity index (χ1n) is 7.95. The minimum absolute atomic E-state index is 0.0197. The lowest BCUT2D eigenvalue weighted by Gasteiger charge is -2.23. The first-order valence-corrected chi connectivity index (χ1v) is 10.6. The summed E-state index contributed by atoms with van der Waals surface area (Å²) in [5.74, 6) is -1.16. The normalized spacial score (nSPS) is 11.0. The number of esters is 1. The van der Waals surface area contributed by atoms with E-state index in [9.17, 15) is 18.0 Å². The van der Waals surface area contributed by atoms with E-state index in [4.69, 9.17) is 27.9 Å². The predicted octanol–water partition coefficient (Wildman–Crippen LogP) is 3.49. The molecule has 2 aromatic rings. The highest BCUT2D eigenvalue weighted by Crippen LogP contribution is 2.33. The molecular weight excluding hydrogens is 427 g/mol. The third-order valence-corrected chi connectivity index (χ3v) is 5.84. The van der Waals surface area contributed by atoms with E-state index in [0.717, 1.165) is 10.6 Å². The Kier molecular flexibility index (Phi) is 6.92. The first-order chi connectivity index (χ1) is 13.1. The fraction of sp³-hybridized carbons (Fsp3) is 0.222. The van der Waals surface area contributed by atoms with Gasteiger partial charge in [-0.15, -0.1) is 0 Å². The molecule has 10 heteroatoms. The zero-order valence-corrected chi connectivity index (χ0v) is 17.7. The van der Waals surface area contributed by atoms with Gasteiger partial charge in [-0.05, 0) is 36.8 Å². The molecular formula is C18H18Cl2N2O5S. The highest BCUT2D eigenvalue weighted by atomic mass is 35.5. The molecule has 0 unspecified atom stereocenters. The third kappa shape index (κ3) is 4.95. The molecule has 0 aliphatic rings. The number of methoxy groups -OCH3 is 1. The van der Waals surface area contributed by atoms with Gasteiger partial charge in [0.2, 0.25) is 15.9 Å². The topological polar surface area (TPSA) is 92.8 Å². The summed E-state index contributed by atoms with van der Waals surface area (Å²) < 4.78 is 30.0. The molecule has 0 atom stereocenters. The monoisotopic (exact) mass is 444 g/mol. The molecule has 0 radical (unpaired) electrons. The Balaban J connectivity index is 2.32. The van der Waals surface area contributed by atoms with Crippen LogP contribution in [0.4, 0.5) is 11.4 Å². The van der Waals surface area contributed by atoms with Crippen LogP contribution in [-0.4, -0.2) is 40.2 Å². The van der Waals surface area contributed by atoms with Gasteiger partial charge in [0.15, 0.2) is 0 Å². The number of carbonyl (C=O) groups excluding carboxylic acids is 2. The van der Waals surface area contributed by atoms with E-state index in [2.05, 4.69) is 5.32 Å². The molecule has 0 aliphatic heterocycles. The van der Waals surface area contributed by atoms with Crippen LogP contribution in [0.5, 0.6) is 0 Å². The van der Waals surface area contributed by atoms with Gasteiger partial charge < -0.3 is 10.1 Å². The van der Waals surface area contributed by atoms with Crippen LogP contribution in [0.2, 0.25) is 10.0 Å². The molecule has 0 fully saturated rings. The molecule has 7 nitrogen and oxygen atoms in total. The van der Waals surface area contributed by atoms with E-state index >= 15 is 0 Å². The molecule has 0 aliphatic carbocycles. The van der Waals surface area contributed by atoms with E-state index in [-0.39, 0.29) is 21.3 Å². The van der Waals surface area contributed by atoms with Gasteiger partial charge in [0.25, 0.3) is 0 Å². The third-order valence-electron chi connectivity index (χ3n) is 3.90. The van der Waals surface area contributed by atoms with Crippen molar-refractivity contribution in [3.63, 3.8) is 0 Å². The van der Waals surface area contributed by atoms with E-state index in [1.807, 2.05) is 0 Å². The van der Waals surface area contributed by atoms with Crippen LogP contribution in [0.15, 0.2) is 36.4 Å². The lowest BCUT2D eigenvalue weighted by molar-refractivity contribution is -0.114. The van der Waals surface area contributed by atoms with E-state index in [1.54, 1.807) is 25.1 Å². The summed E-state index contributed by atoms with van der Waals surface area (Å²) in [6.07, 6.45) is 0.959. The first kappa shape index (κ1) is 22.0. The van der Waals surface area contributed by atoms with Crippen molar-refractivity contribution in [2.45, 2.75) is 6.92 Å². The van der Waals surface area contributed by atoms with Crippen LogP contribution in [0.25, 0.3) is 0 Å². The van der Waals surface area contributed by atoms with Crippen molar-refractivity contribution < 1.29 is 22.7 Å². The number of sulfonamides is 1. The van der Waals surface area contributed by atoms with E-state index in [1.165, 1.54) is 25.3 Å². The number of hydrogen-bond donors (Lipinski definition) is 1. The van der Waals surface area contributed by atoms with Gasteiger partial charge in [-0.3, -0.25) is 9.10 Å². The summed E-state index contributed by atoms with van der Waals surface area (Å²) in [6.45, 7) is 1.12. The Bertz CT molecular complexity index is 1020. The standard InChI is InChI=1S/C18H18Cl2N2O5S/c1-11-12(18(24)27-2)6-4-8-14(11)21-16(23)10-22(28(3,25)26)15-9-5-7-13(19)17(15)20/h4-9H,10H2,1-3H3,(H,21,23). The molecule has 2 aromatic carbocycles. The number of hydrogen-bond acceptors (Lipinski definition) is 5. The maximum Gasteiger partial charge on any atom is 0.338 e. The van der Waals surface area contributed by atoms with E-state index < -0.39 is 28.4 Å². The summed E-state index contributed by atoms with van der Waals surface area (Å²) in [5.41, 5.74) is 1.23. The minimum atomic E-state index is -3.82. The number of anilines is 2. The Labute approximate surface area is 173 Å². The fourth-order valence-electron chi connectivity index (χ4n) is 2.49. The van der Waals surface area contributed by atoms with Crippen molar-refractivity contribution in [2.75, 3.05) is 29.5 Å². The Morgan fingerprint density at radius 1 is 1.14 bits per heavy atom. The molecule has 0 heterocycles. The number of halogens is 2. The van der Waals surface area contributed by atoms with Gasteiger partial charge in [0, 0.05) is 5.69 Å². The second kappa shape index (κ2) is 8.81. The Morgan fingerprint density at radius 2 is 1.79 bits per heavy atom. The highest BCUT2D eigenvalue weighted by Gasteiger charge is 2.24. The number of benzene rings is 2. The Morgan fingerprint density at radius 3 is 2.39 bits per heavy atom. The lowest BCUT2D eigenvalue weighted by atomic mass is 10.1. The zero-order chi connectivity index (χ0) is 21.1. The average molecular weight is 445 g/mol. The van der Waals surface area contributed by atoms with Gasteiger partial charge in [0.05, 0.1) is 34.7 Å². The second-order valence-corrected chi connectivity index (χ2v) is 8.55. The zero-order valence-electron chi connectivity index (χ0n) is 15.3. The molecule has 2 rings (SSSR count). The largest absolute Gasteiger partial charge is 0.465 e. The van der Waals surface area contributed by atoms with Gasteiger partial charge in [-0.1, -0.05) is 35.3 Å². The maximum absolute atomic E-state index is 12.5. The van der Waals surface area contributed by atoms with Crippen molar-refractivity contribution in [2.24, 2.45) is 0 Å². The quantitative estimate of drug-likeness (QED) is 0.688. The number of amides is 1. The smallest absolute Gasteiger partial charge is 0.338 e. The molecule has 0 spiro atoms. The van der Waals surface area contributed by atoms with Crippen molar-refractivity contribution in [3.05, 3.63) is 57.6 Å². The van der Waals surface area contributed by atoms with Gasteiger partial charge in [-0.2, -0.15) is 0 Å². The van der Waals surface area contributed by atoms with Crippen LogP contribution in [-0.2, 0) is 19.6 Å². The summed E-state index contributed by atoms with van der Waals surface area (Å²) in [6, 6.07) is 9.23.